The van der Waals surface area contributed by atoms with Crippen molar-refractivity contribution in [3.63, 3.8) is 0 Å². The highest BCUT2D eigenvalue weighted by Crippen LogP contribution is 2.40. The zero-order valence-electron chi connectivity index (χ0n) is 15.3. The van der Waals surface area contributed by atoms with E-state index in [1.165, 1.54) is 4.88 Å². The number of anilines is 2. The lowest BCUT2D eigenvalue weighted by Gasteiger charge is -2.21. The summed E-state index contributed by atoms with van der Waals surface area (Å²) in [5.41, 5.74) is 3.98. The summed E-state index contributed by atoms with van der Waals surface area (Å²) in [6, 6.07) is 8.49. The maximum absolute atomic E-state index is 12.4. The predicted octanol–water partition coefficient (Wildman–Crippen LogP) is 4.88. The van der Waals surface area contributed by atoms with Crippen molar-refractivity contribution in [2.75, 3.05) is 23.9 Å². The molecule has 0 aliphatic heterocycles. The lowest BCUT2D eigenvalue weighted by atomic mass is 9.96. The third kappa shape index (κ3) is 3.65. The Labute approximate surface area is 167 Å². The molecule has 1 amide bonds. The summed E-state index contributed by atoms with van der Waals surface area (Å²) < 4.78 is 0.995. The van der Waals surface area contributed by atoms with E-state index in [-0.39, 0.29) is 5.91 Å². The van der Waals surface area contributed by atoms with Gasteiger partial charge in [0, 0.05) is 30.4 Å². The Morgan fingerprint density at radius 2 is 2.04 bits per heavy atom. The van der Waals surface area contributed by atoms with Crippen LogP contribution in [0.4, 0.5) is 10.7 Å². The highest BCUT2D eigenvalue weighted by Gasteiger charge is 2.26. The van der Waals surface area contributed by atoms with Crippen LogP contribution in [0, 0.1) is 11.3 Å². The van der Waals surface area contributed by atoms with E-state index >= 15 is 0 Å². The van der Waals surface area contributed by atoms with Gasteiger partial charge in [-0.2, -0.15) is 5.26 Å². The highest BCUT2D eigenvalue weighted by molar-refractivity contribution is 9.10. The molecule has 0 fully saturated rings. The van der Waals surface area contributed by atoms with Crippen molar-refractivity contribution in [2.24, 2.45) is 0 Å². The number of aryl methyl sites for hydroxylation is 1. The van der Waals surface area contributed by atoms with Crippen molar-refractivity contribution in [1.29, 1.82) is 5.26 Å². The second kappa shape index (κ2) is 7.81. The topological polar surface area (TPSA) is 47.3 Å². The lowest BCUT2D eigenvalue weighted by molar-refractivity contribution is -0.116. The van der Waals surface area contributed by atoms with Gasteiger partial charge in [-0.25, -0.2) is 0 Å². The Bertz CT molecular complexity index is 882. The van der Waals surface area contributed by atoms with Crippen LogP contribution >= 0.6 is 27.3 Å². The van der Waals surface area contributed by atoms with Crippen molar-refractivity contribution < 1.29 is 4.79 Å². The van der Waals surface area contributed by atoms with Crippen molar-refractivity contribution in [2.45, 2.75) is 39.2 Å². The molecule has 1 aliphatic carbocycles. The molecule has 0 atom stereocenters. The second-order valence-electron chi connectivity index (χ2n) is 6.79. The SMILES string of the molecule is CC(=O)N(Cc1ccc(N(C)C)c(Br)c1)c1sc2c(c1C#N)CCCC2. The van der Waals surface area contributed by atoms with Gasteiger partial charge in [0.25, 0.3) is 0 Å². The van der Waals surface area contributed by atoms with E-state index in [0.717, 1.165) is 52.0 Å². The average Bonchev–Trinajstić information content (AvgIpc) is 2.97. The quantitative estimate of drug-likeness (QED) is 0.692. The van der Waals surface area contributed by atoms with Crippen LogP contribution < -0.4 is 9.80 Å². The number of halogens is 1. The smallest absolute Gasteiger partial charge is 0.224 e. The fourth-order valence-corrected chi connectivity index (χ4v) is 5.54. The Balaban J connectivity index is 1.97. The van der Waals surface area contributed by atoms with Gasteiger partial charge < -0.3 is 4.90 Å². The number of fused-ring (bicyclic) bond motifs is 1. The van der Waals surface area contributed by atoms with Gasteiger partial charge in [-0.15, -0.1) is 11.3 Å². The first-order chi connectivity index (χ1) is 12.4. The van der Waals surface area contributed by atoms with E-state index < -0.39 is 0 Å². The molecule has 1 aliphatic rings. The molecule has 1 aromatic carbocycles. The summed E-state index contributed by atoms with van der Waals surface area (Å²) in [6.45, 7) is 2.04. The van der Waals surface area contributed by atoms with E-state index in [4.69, 9.17) is 0 Å². The third-order valence-electron chi connectivity index (χ3n) is 4.72. The molecular formula is C20H22BrN3OS. The van der Waals surface area contributed by atoms with Crippen LogP contribution in [0.5, 0.6) is 0 Å². The number of nitrogens with zero attached hydrogens (tertiary/aromatic N) is 3. The van der Waals surface area contributed by atoms with Crippen LogP contribution in [0.1, 0.15) is 41.3 Å². The van der Waals surface area contributed by atoms with Gasteiger partial charge in [-0.05, 0) is 64.9 Å². The molecule has 0 saturated heterocycles. The summed E-state index contributed by atoms with van der Waals surface area (Å²) in [6.07, 6.45) is 4.25. The lowest BCUT2D eigenvalue weighted by Crippen LogP contribution is -2.27. The number of carbonyl (C=O) groups excluding carboxylic acids is 1. The first-order valence-corrected chi connectivity index (χ1v) is 10.3. The number of thiophene rings is 1. The molecule has 1 aromatic heterocycles. The number of carbonyl (C=O) groups is 1. The van der Waals surface area contributed by atoms with Crippen LogP contribution in [0.25, 0.3) is 0 Å². The molecule has 136 valence electrons. The van der Waals surface area contributed by atoms with E-state index in [9.17, 15) is 10.1 Å². The Morgan fingerprint density at radius 1 is 1.31 bits per heavy atom. The fraction of sp³-hybridized carbons (Fsp3) is 0.400. The zero-order valence-corrected chi connectivity index (χ0v) is 17.7. The maximum Gasteiger partial charge on any atom is 0.224 e. The van der Waals surface area contributed by atoms with Gasteiger partial charge in [0.2, 0.25) is 5.91 Å². The molecule has 0 spiro atoms. The van der Waals surface area contributed by atoms with Crippen LogP contribution in [-0.4, -0.2) is 20.0 Å². The summed E-state index contributed by atoms with van der Waals surface area (Å²) in [5, 5.41) is 10.5. The van der Waals surface area contributed by atoms with Crippen LogP contribution in [0.2, 0.25) is 0 Å². The summed E-state index contributed by atoms with van der Waals surface area (Å²) in [5.74, 6) is -0.0343. The fourth-order valence-electron chi connectivity index (χ4n) is 3.38. The first kappa shape index (κ1) is 18.9. The van der Waals surface area contributed by atoms with Crippen molar-refractivity contribution >= 4 is 43.9 Å². The maximum atomic E-state index is 12.4. The van der Waals surface area contributed by atoms with Crippen molar-refractivity contribution in [3.8, 4) is 6.07 Å². The number of hydrogen-bond donors (Lipinski definition) is 0. The molecule has 4 nitrogen and oxygen atoms in total. The Morgan fingerprint density at radius 3 is 2.65 bits per heavy atom. The van der Waals surface area contributed by atoms with Gasteiger partial charge in [-0.3, -0.25) is 9.69 Å². The Kier molecular flexibility index (Phi) is 5.69. The van der Waals surface area contributed by atoms with E-state index in [2.05, 4.69) is 22.0 Å². The molecule has 0 N–H and O–H groups in total. The highest BCUT2D eigenvalue weighted by atomic mass is 79.9. The predicted molar refractivity (Wildman–Crippen MR) is 111 cm³/mol. The molecule has 26 heavy (non-hydrogen) atoms. The number of benzene rings is 1. The van der Waals surface area contributed by atoms with Crippen molar-refractivity contribution in [3.05, 3.63) is 44.2 Å². The summed E-state index contributed by atoms with van der Waals surface area (Å²) in [4.78, 5) is 17.5. The molecule has 0 saturated carbocycles. The number of rotatable bonds is 4. The van der Waals surface area contributed by atoms with Gasteiger partial charge in [0.15, 0.2) is 0 Å². The first-order valence-electron chi connectivity index (χ1n) is 8.71. The molecule has 0 radical (unpaired) electrons. The van der Waals surface area contributed by atoms with Gasteiger partial charge in [-0.1, -0.05) is 6.07 Å². The normalized spacial score (nSPS) is 13.0. The average molecular weight is 432 g/mol. The Hall–Kier alpha value is -1.84. The number of amides is 1. The molecule has 0 bridgehead atoms. The minimum Gasteiger partial charge on any atom is -0.377 e. The number of hydrogen-bond acceptors (Lipinski definition) is 4. The molecule has 0 unspecified atom stereocenters. The standard InChI is InChI=1S/C20H22BrN3OS/c1-13(25)24(12-14-8-9-18(23(2)3)17(21)10-14)20-16(11-22)15-6-4-5-7-19(15)26-20/h8-10H,4-7,12H2,1-3H3. The summed E-state index contributed by atoms with van der Waals surface area (Å²) >= 11 is 5.23. The zero-order chi connectivity index (χ0) is 18.8. The monoisotopic (exact) mass is 431 g/mol. The van der Waals surface area contributed by atoms with Crippen molar-refractivity contribution in [1.82, 2.24) is 0 Å². The van der Waals surface area contributed by atoms with E-state index in [1.54, 1.807) is 23.2 Å². The second-order valence-corrected chi connectivity index (χ2v) is 8.73. The van der Waals surface area contributed by atoms with Gasteiger partial charge in [0.1, 0.15) is 11.1 Å². The molecule has 1 heterocycles. The van der Waals surface area contributed by atoms with Crippen LogP contribution in [0.3, 0.4) is 0 Å². The minimum absolute atomic E-state index is 0.0343. The molecular weight excluding hydrogens is 410 g/mol. The summed E-state index contributed by atoms with van der Waals surface area (Å²) in [7, 11) is 3.99. The van der Waals surface area contributed by atoms with Crippen LogP contribution in [0.15, 0.2) is 22.7 Å². The van der Waals surface area contributed by atoms with Gasteiger partial charge in [0.05, 0.1) is 17.8 Å². The van der Waals surface area contributed by atoms with E-state index in [1.807, 2.05) is 37.2 Å². The molecule has 2 aromatic rings. The number of nitriles is 1. The molecule has 3 rings (SSSR count). The van der Waals surface area contributed by atoms with Gasteiger partial charge >= 0.3 is 0 Å². The van der Waals surface area contributed by atoms with Crippen LogP contribution in [-0.2, 0) is 24.2 Å². The van der Waals surface area contributed by atoms with E-state index in [0.29, 0.717) is 12.1 Å². The third-order valence-corrected chi connectivity index (χ3v) is 6.67. The minimum atomic E-state index is -0.0343. The largest absolute Gasteiger partial charge is 0.377 e. The molecule has 6 heteroatoms.